The molecule has 1 aromatic heterocycles. The number of hydrogen-bond donors (Lipinski definition) is 2. The summed E-state index contributed by atoms with van der Waals surface area (Å²) in [7, 11) is 1.64. The summed E-state index contributed by atoms with van der Waals surface area (Å²) in [5, 5.41) is 0. The zero-order valence-corrected chi connectivity index (χ0v) is 11.8. The van der Waals surface area contributed by atoms with Crippen LogP contribution in [0.25, 0.3) is 0 Å². The Bertz CT molecular complexity index is 540. The molecular formula is C13H15BrN2O2. The quantitative estimate of drug-likeness (QED) is 0.673. The van der Waals surface area contributed by atoms with Gasteiger partial charge in [0.25, 0.3) is 0 Å². The van der Waals surface area contributed by atoms with E-state index >= 15 is 0 Å². The normalized spacial score (nSPS) is 12.4. The number of furan rings is 1. The number of benzene rings is 1. The molecule has 0 aliphatic heterocycles. The Morgan fingerprint density at radius 3 is 2.67 bits per heavy atom. The maximum absolute atomic E-state index is 5.67. The number of nitrogens with two attached hydrogens (primary N) is 1. The molecule has 0 bridgehead atoms. The zero-order chi connectivity index (χ0) is 13.1. The van der Waals surface area contributed by atoms with Crippen molar-refractivity contribution in [1.29, 1.82) is 0 Å². The first kappa shape index (κ1) is 13.1. The van der Waals surface area contributed by atoms with Gasteiger partial charge in [-0.1, -0.05) is 17.7 Å². The maximum atomic E-state index is 5.67. The van der Waals surface area contributed by atoms with E-state index in [0.717, 1.165) is 22.4 Å². The van der Waals surface area contributed by atoms with Crippen molar-refractivity contribution < 1.29 is 9.15 Å². The molecule has 96 valence electrons. The van der Waals surface area contributed by atoms with Crippen LogP contribution in [0.5, 0.6) is 5.75 Å². The van der Waals surface area contributed by atoms with Gasteiger partial charge in [0.05, 0.1) is 19.4 Å². The van der Waals surface area contributed by atoms with Crippen molar-refractivity contribution in [3.05, 3.63) is 51.9 Å². The number of aryl methyl sites for hydroxylation is 1. The van der Waals surface area contributed by atoms with Crippen LogP contribution in [-0.2, 0) is 0 Å². The summed E-state index contributed by atoms with van der Waals surface area (Å²) in [6.07, 6.45) is 1.62. The minimum Gasteiger partial charge on any atom is -0.496 e. The fourth-order valence-corrected chi connectivity index (χ4v) is 2.41. The molecule has 2 rings (SSSR count). The van der Waals surface area contributed by atoms with Gasteiger partial charge in [0.1, 0.15) is 5.75 Å². The average molecular weight is 311 g/mol. The van der Waals surface area contributed by atoms with Crippen molar-refractivity contribution >= 4 is 15.9 Å². The second-order valence-electron chi connectivity index (χ2n) is 3.99. The van der Waals surface area contributed by atoms with E-state index < -0.39 is 0 Å². The lowest BCUT2D eigenvalue weighted by Crippen LogP contribution is -2.29. The van der Waals surface area contributed by atoms with Crippen molar-refractivity contribution in [1.82, 2.24) is 5.43 Å². The third-order valence-corrected chi connectivity index (χ3v) is 3.46. The average Bonchev–Trinajstić information content (AvgIpc) is 2.77. The molecule has 0 amide bonds. The molecule has 0 spiro atoms. The predicted molar refractivity (Wildman–Crippen MR) is 73.3 cm³/mol. The second kappa shape index (κ2) is 5.56. The molecule has 0 aliphatic carbocycles. The summed E-state index contributed by atoms with van der Waals surface area (Å²) < 4.78 is 11.3. The van der Waals surface area contributed by atoms with Crippen LogP contribution in [0.2, 0.25) is 0 Å². The van der Waals surface area contributed by atoms with Crippen molar-refractivity contribution in [2.24, 2.45) is 5.84 Å². The highest BCUT2D eigenvalue weighted by atomic mass is 79.9. The van der Waals surface area contributed by atoms with Gasteiger partial charge in [-0.2, -0.15) is 0 Å². The summed E-state index contributed by atoms with van der Waals surface area (Å²) in [4.78, 5) is 0. The lowest BCUT2D eigenvalue weighted by molar-refractivity contribution is 0.403. The van der Waals surface area contributed by atoms with Crippen molar-refractivity contribution in [2.45, 2.75) is 13.0 Å². The summed E-state index contributed by atoms with van der Waals surface area (Å²) in [5.74, 6) is 6.46. The van der Waals surface area contributed by atoms with Gasteiger partial charge in [-0.3, -0.25) is 5.84 Å². The lowest BCUT2D eigenvalue weighted by Gasteiger charge is -2.19. The summed E-state index contributed by atoms with van der Waals surface area (Å²) in [6, 6.07) is 7.66. The molecule has 1 atom stereocenters. The highest BCUT2D eigenvalue weighted by Gasteiger charge is 2.21. The van der Waals surface area contributed by atoms with Crippen LogP contribution in [0.4, 0.5) is 0 Å². The Morgan fingerprint density at radius 1 is 1.33 bits per heavy atom. The third-order valence-electron chi connectivity index (χ3n) is 2.82. The Kier molecular flexibility index (Phi) is 4.06. The van der Waals surface area contributed by atoms with E-state index in [2.05, 4.69) is 21.4 Å². The summed E-state index contributed by atoms with van der Waals surface area (Å²) in [5.41, 5.74) is 5.84. The van der Waals surface area contributed by atoms with Gasteiger partial charge < -0.3 is 9.15 Å². The van der Waals surface area contributed by atoms with Crippen LogP contribution in [-0.4, -0.2) is 7.11 Å². The topological polar surface area (TPSA) is 60.4 Å². The number of halogens is 1. The van der Waals surface area contributed by atoms with Gasteiger partial charge in [0.2, 0.25) is 0 Å². The molecule has 0 saturated heterocycles. The van der Waals surface area contributed by atoms with E-state index in [1.165, 1.54) is 0 Å². The Balaban J connectivity index is 2.51. The number of hydrogen-bond acceptors (Lipinski definition) is 4. The maximum Gasteiger partial charge on any atom is 0.174 e. The zero-order valence-electron chi connectivity index (χ0n) is 10.2. The molecule has 3 N–H and O–H groups in total. The first-order chi connectivity index (χ1) is 8.67. The van der Waals surface area contributed by atoms with Crippen LogP contribution in [0.15, 0.2) is 39.6 Å². The number of methoxy groups -OCH3 is 1. The van der Waals surface area contributed by atoms with Crippen molar-refractivity contribution in [2.75, 3.05) is 7.11 Å². The van der Waals surface area contributed by atoms with Crippen molar-refractivity contribution in [3.63, 3.8) is 0 Å². The Morgan fingerprint density at radius 2 is 2.11 bits per heavy atom. The highest BCUT2D eigenvalue weighted by Crippen LogP contribution is 2.34. The van der Waals surface area contributed by atoms with E-state index in [1.807, 2.05) is 31.2 Å². The fourth-order valence-electron chi connectivity index (χ4n) is 1.94. The number of nitrogens with one attached hydrogen (secondary N) is 1. The molecule has 2 aromatic rings. The van der Waals surface area contributed by atoms with E-state index in [9.17, 15) is 0 Å². The van der Waals surface area contributed by atoms with E-state index in [-0.39, 0.29) is 6.04 Å². The molecule has 1 unspecified atom stereocenters. The second-order valence-corrected chi connectivity index (χ2v) is 4.71. The molecule has 4 nitrogen and oxygen atoms in total. The molecule has 0 radical (unpaired) electrons. The standard InChI is InChI=1S/C13H15BrN2O2/c1-8-3-4-11(17-2)10(7-8)12(16-15)9-5-6-18-13(9)14/h3-7,12,16H,15H2,1-2H3. The van der Waals surface area contributed by atoms with Crippen LogP contribution >= 0.6 is 15.9 Å². The summed E-state index contributed by atoms with van der Waals surface area (Å²) >= 11 is 3.37. The molecule has 18 heavy (non-hydrogen) atoms. The predicted octanol–water partition coefficient (Wildman–Crippen LogP) is 2.91. The van der Waals surface area contributed by atoms with E-state index in [1.54, 1.807) is 13.4 Å². The van der Waals surface area contributed by atoms with Gasteiger partial charge in [-0.15, -0.1) is 0 Å². The minimum atomic E-state index is -0.187. The van der Waals surface area contributed by atoms with E-state index in [4.69, 9.17) is 15.0 Å². The monoisotopic (exact) mass is 310 g/mol. The number of ether oxygens (including phenoxy) is 1. The molecule has 0 fully saturated rings. The van der Waals surface area contributed by atoms with Crippen LogP contribution in [0, 0.1) is 6.92 Å². The minimum absolute atomic E-state index is 0.187. The smallest absolute Gasteiger partial charge is 0.174 e. The Hall–Kier alpha value is -1.30. The first-order valence-electron chi connectivity index (χ1n) is 5.51. The SMILES string of the molecule is COc1ccc(C)cc1C(NN)c1ccoc1Br. The van der Waals surface area contributed by atoms with Gasteiger partial charge in [0, 0.05) is 11.1 Å². The van der Waals surface area contributed by atoms with Gasteiger partial charge in [0.15, 0.2) is 4.67 Å². The summed E-state index contributed by atoms with van der Waals surface area (Å²) in [6.45, 7) is 2.03. The van der Waals surface area contributed by atoms with Crippen LogP contribution in [0.3, 0.4) is 0 Å². The van der Waals surface area contributed by atoms with Crippen molar-refractivity contribution in [3.8, 4) is 5.75 Å². The molecule has 0 aliphatic rings. The van der Waals surface area contributed by atoms with Gasteiger partial charge in [-0.25, -0.2) is 5.43 Å². The molecule has 1 heterocycles. The lowest BCUT2D eigenvalue weighted by atomic mass is 9.99. The largest absolute Gasteiger partial charge is 0.496 e. The molecule has 1 aromatic carbocycles. The third kappa shape index (κ3) is 2.43. The Labute approximate surface area is 114 Å². The van der Waals surface area contributed by atoms with Gasteiger partial charge >= 0.3 is 0 Å². The van der Waals surface area contributed by atoms with Crippen LogP contribution in [0.1, 0.15) is 22.7 Å². The molecule has 0 saturated carbocycles. The number of hydrazine groups is 1. The molecular weight excluding hydrogens is 296 g/mol. The van der Waals surface area contributed by atoms with E-state index in [0.29, 0.717) is 4.67 Å². The van der Waals surface area contributed by atoms with Crippen LogP contribution < -0.4 is 16.0 Å². The number of rotatable bonds is 4. The highest BCUT2D eigenvalue weighted by molar-refractivity contribution is 9.10. The van der Waals surface area contributed by atoms with Gasteiger partial charge in [-0.05, 0) is 35.0 Å². The fraction of sp³-hybridized carbons (Fsp3) is 0.231. The first-order valence-corrected chi connectivity index (χ1v) is 6.30. The molecule has 5 heteroatoms.